The summed E-state index contributed by atoms with van der Waals surface area (Å²) < 4.78 is 80.1. The monoisotopic (exact) mass is 510 g/mol. The van der Waals surface area contributed by atoms with Gasteiger partial charge in [0, 0.05) is 23.9 Å². The van der Waals surface area contributed by atoms with Gasteiger partial charge in [0.15, 0.2) is 0 Å². The van der Waals surface area contributed by atoms with E-state index in [1.807, 2.05) is 0 Å². The zero-order valence-corrected chi connectivity index (χ0v) is 18.9. The van der Waals surface area contributed by atoms with Gasteiger partial charge in [0.05, 0.1) is 23.3 Å². The Morgan fingerprint density at radius 1 is 1.09 bits per heavy atom. The predicted octanol–water partition coefficient (Wildman–Crippen LogP) is 4.24. The number of aromatic nitrogens is 2. The summed E-state index contributed by atoms with van der Waals surface area (Å²) in [5.74, 6) is -1.61. The Balaban J connectivity index is 1.44. The van der Waals surface area contributed by atoms with Crippen LogP contribution >= 0.6 is 0 Å². The number of hydrogen-bond donors (Lipinski definition) is 1. The predicted molar refractivity (Wildman–Crippen MR) is 117 cm³/mol. The topological polar surface area (TPSA) is 75.2 Å². The van der Waals surface area contributed by atoms with E-state index in [2.05, 4.69) is 15.3 Å². The molecule has 6 nitrogen and oxygen atoms in total. The summed E-state index contributed by atoms with van der Waals surface area (Å²) in [5.41, 5.74) is -0.700. The molecule has 2 atom stereocenters. The molecule has 3 heterocycles. The van der Waals surface area contributed by atoms with E-state index in [0.717, 1.165) is 24.5 Å². The Hall–Kier alpha value is -3.25. The van der Waals surface area contributed by atoms with Crippen LogP contribution < -0.4 is 5.32 Å². The molecular weight excluding hydrogens is 491 g/mol. The van der Waals surface area contributed by atoms with Crippen molar-refractivity contribution in [3.8, 4) is 11.1 Å². The van der Waals surface area contributed by atoms with E-state index < -0.39 is 46.4 Å². The van der Waals surface area contributed by atoms with E-state index in [0.29, 0.717) is 24.3 Å². The summed E-state index contributed by atoms with van der Waals surface area (Å²) in [4.78, 5) is 20.5. The molecule has 2 unspecified atom stereocenters. The van der Waals surface area contributed by atoms with Crippen molar-refractivity contribution in [3.63, 3.8) is 0 Å². The number of nitrogens with one attached hydrogen (secondary N) is 1. The third-order valence-electron chi connectivity index (χ3n) is 5.46. The molecule has 3 aromatic rings. The van der Waals surface area contributed by atoms with Crippen LogP contribution in [0.2, 0.25) is 0 Å². The van der Waals surface area contributed by atoms with Crippen molar-refractivity contribution in [2.45, 2.75) is 36.5 Å². The molecule has 12 heteroatoms. The Morgan fingerprint density at radius 2 is 1.83 bits per heavy atom. The molecule has 0 spiro atoms. The second-order valence-corrected chi connectivity index (χ2v) is 9.24. The largest absolute Gasteiger partial charge is 0.433 e. The minimum Gasteiger partial charge on any atom is -0.349 e. The zero-order valence-electron chi connectivity index (χ0n) is 18.1. The standard InChI is InChI=1S/C23H19F5N4O2S/c24-15-4-6-17(7-5-15)35(34)32-9-1-2-20(32)22(33)31-12-16-10-18(19(25)13-29-16)14-3-8-21(30-11-14)23(26,27)28/h3-8,10-11,13,20H,1-2,9,12H2,(H,31,33). The van der Waals surface area contributed by atoms with Crippen molar-refractivity contribution in [1.82, 2.24) is 19.6 Å². The lowest BCUT2D eigenvalue weighted by atomic mass is 10.1. The minimum atomic E-state index is -4.61. The molecule has 1 fully saturated rings. The third kappa shape index (κ3) is 5.70. The lowest BCUT2D eigenvalue weighted by molar-refractivity contribution is -0.141. The van der Waals surface area contributed by atoms with Crippen molar-refractivity contribution in [2.75, 3.05) is 6.54 Å². The summed E-state index contributed by atoms with van der Waals surface area (Å²) in [6.07, 6.45) is -1.66. The highest BCUT2D eigenvalue weighted by Crippen LogP contribution is 2.30. The summed E-state index contributed by atoms with van der Waals surface area (Å²) in [6.45, 7) is 0.343. The van der Waals surface area contributed by atoms with Gasteiger partial charge in [-0.3, -0.25) is 14.8 Å². The third-order valence-corrected chi connectivity index (χ3v) is 6.99. The van der Waals surface area contributed by atoms with Crippen LogP contribution in [0.1, 0.15) is 24.2 Å². The molecule has 1 aliphatic heterocycles. The number of benzene rings is 1. The number of halogens is 5. The fourth-order valence-corrected chi connectivity index (χ4v) is 5.07. The molecular formula is C23H19F5N4O2S. The first kappa shape index (κ1) is 24.9. The van der Waals surface area contributed by atoms with Gasteiger partial charge in [0.2, 0.25) is 5.91 Å². The van der Waals surface area contributed by atoms with Crippen LogP contribution in [-0.2, 0) is 28.5 Å². The smallest absolute Gasteiger partial charge is 0.349 e. The molecule has 1 amide bonds. The lowest BCUT2D eigenvalue weighted by Gasteiger charge is -2.22. The highest BCUT2D eigenvalue weighted by atomic mass is 32.2. The number of pyridine rings is 2. The average molecular weight is 510 g/mol. The van der Waals surface area contributed by atoms with Gasteiger partial charge in [0.1, 0.15) is 34.4 Å². The molecule has 1 saturated heterocycles. The van der Waals surface area contributed by atoms with E-state index in [1.165, 1.54) is 34.6 Å². The van der Waals surface area contributed by atoms with E-state index >= 15 is 0 Å². The van der Waals surface area contributed by atoms with Crippen LogP contribution in [0, 0.1) is 11.6 Å². The summed E-state index contributed by atoms with van der Waals surface area (Å²) >= 11 is 0. The molecule has 184 valence electrons. The van der Waals surface area contributed by atoms with Crippen molar-refractivity contribution in [3.05, 3.63) is 77.9 Å². The molecule has 35 heavy (non-hydrogen) atoms. The molecule has 0 bridgehead atoms. The van der Waals surface area contributed by atoms with Crippen molar-refractivity contribution in [2.24, 2.45) is 0 Å². The van der Waals surface area contributed by atoms with Gasteiger partial charge in [-0.2, -0.15) is 13.2 Å². The molecule has 1 aliphatic rings. The normalized spacial score (nSPS) is 17.3. The van der Waals surface area contributed by atoms with Gasteiger partial charge in [-0.25, -0.2) is 17.3 Å². The van der Waals surface area contributed by atoms with Gasteiger partial charge in [-0.1, -0.05) is 6.07 Å². The molecule has 0 aliphatic carbocycles. The van der Waals surface area contributed by atoms with Gasteiger partial charge < -0.3 is 5.32 Å². The highest BCUT2D eigenvalue weighted by molar-refractivity contribution is 7.82. The number of rotatable bonds is 6. The van der Waals surface area contributed by atoms with Crippen LogP contribution in [0.3, 0.4) is 0 Å². The van der Waals surface area contributed by atoms with Crippen molar-refractivity contribution in [1.29, 1.82) is 0 Å². The Bertz CT molecular complexity index is 1240. The number of carbonyl (C=O) groups is 1. The fourth-order valence-electron chi connectivity index (χ4n) is 3.70. The van der Waals surface area contributed by atoms with Crippen LogP contribution in [0.15, 0.2) is 59.8 Å². The lowest BCUT2D eigenvalue weighted by Crippen LogP contribution is -2.43. The summed E-state index contributed by atoms with van der Waals surface area (Å²) in [6, 6.07) is 7.70. The molecule has 1 aromatic carbocycles. The molecule has 2 aromatic heterocycles. The van der Waals surface area contributed by atoms with Gasteiger partial charge in [-0.05, 0) is 49.2 Å². The van der Waals surface area contributed by atoms with Crippen LogP contribution in [0.4, 0.5) is 22.0 Å². The van der Waals surface area contributed by atoms with E-state index in [9.17, 15) is 31.0 Å². The van der Waals surface area contributed by atoms with Crippen LogP contribution in [0.5, 0.6) is 0 Å². The molecule has 4 rings (SSSR count). The van der Waals surface area contributed by atoms with Crippen molar-refractivity contribution >= 4 is 16.9 Å². The van der Waals surface area contributed by atoms with Crippen LogP contribution in [-0.4, -0.2) is 37.0 Å². The second kappa shape index (κ2) is 10.2. The SMILES string of the molecule is O=C(NCc1cc(-c2ccc(C(F)(F)F)nc2)c(F)cn1)C1CCCN1S(=O)c1ccc(F)cc1. The Labute approximate surface area is 199 Å². The van der Waals surface area contributed by atoms with E-state index in [-0.39, 0.29) is 23.4 Å². The first-order valence-electron chi connectivity index (χ1n) is 10.5. The zero-order chi connectivity index (χ0) is 25.2. The number of alkyl halides is 3. The first-order valence-corrected chi connectivity index (χ1v) is 11.6. The molecule has 0 saturated carbocycles. The van der Waals surface area contributed by atoms with Gasteiger partial charge >= 0.3 is 6.18 Å². The number of nitrogens with zero attached hydrogens (tertiary/aromatic N) is 3. The summed E-state index contributed by atoms with van der Waals surface area (Å²) in [7, 11) is -1.65. The highest BCUT2D eigenvalue weighted by Gasteiger charge is 2.35. The number of amides is 1. The maximum Gasteiger partial charge on any atom is 0.433 e. The van der Waals surface area contributed by atoms with Gasteiger partial charge in [-0.15, -0.1) is 0 Å². The number of carbonyl (C=O) groups excluding carboxylic acids is 1. The minimum absolute atomic E-state index is 0.00891. The summed E-state index contributed by atoms with van der Waals surface area (Å²) in [5, 5.41) is 2.69. The van der Waals surface area contributed by atoms with E-state index in [4.69, 9.17) is 0 Å². The van der Waals surface area contributed by atoms with E-state index in [1.54, 1.807) is 0 Å². The quantitative estimate of drug-likeness (QED) is 0.504. The van der Waals surface area contributed by atoms with Gasteiger partial charge in [0.25, 0.3) is 0 Å². The molecule has 0 radical (unpaired) electrons. The van der Waals surface area contributed by atoms with Crippen molar-refractivity contribution < 1.29 is 31.0 Å². The van der Waals surface area contributed by atoms with Crippen LogP contribution in [0.25, 0.3) is 11.1 Å². The second-order valence-electron chi connectivity index (χ2n) is 7.80. The average Bonchev–Trinajstić information content (AvgIpc) is 3.33. The Kier molecular flexibility index (Phi) is 7.22. The fraction of sp³-hybridized carbons (Fsp3) is 0.261. The maximum absolute atomic E-state index is 14.3. The Morgan fingerprint density at radius 3 is 2.49 bits per heavy atom. The maximum atomic E-state index is 14.3. The first-order chi connectivity index (χ1) is 16.6. The molecule has 1 N–H and O–H groups in total. The number of hydrogen-bond acceptors (Lipinski definition) is 4.